The molecule has 0 radical (unpaired) electrons. The molecule has 0 aromatic heterocycles. The molecule has 1 rings (SSSR count). The smallest absolute Gasteiger partial charge is 0.364 e. The maximum absolute atomic E-state index is 10.8. The molecular weight excluding hydrogens is 252 g/mol. The van der Waals surface area contributed by atoms with E-state index in [0.29, 0.717) is 0 Å². The van der Waals surface area contributed by atoms with Gasteiger partial charge in [0.05, 0.1) is 12.7 Å². The predicted molar refractivity (Wildman–Crippen MR) is 53.2 cm³/mol. The fourth-order valence-corrected chi connectivity index (χ4v) is 1.70. The molecule has 0 spiro atoms. The summed E-state index contributed by atoms with van der Waals surface area (Å²) in [4.78, 5) is 10.8. The lowest BCUT2D eigenvalue weighted by Gasteiger charge is -2.42. The van der Waals surface area contributed by atoms with Crippen LogP contribution in [0.15, 0.2) is 0 Å². The number of carboxylic acid groups (broad SMARTS) is 1. The summed E-state index contributed by atoms with van der Waals surface area (Å²) in [6.45, 7) is -0.866. The van der Waals surface area contributed by atoms with Crippen LogP contribution in [0.3, 0.4) is 0 Å². The minimum absolute atomic E-state index is 0.790. The lowest BCUT2D eigenvalue weighted by Crippen LogP contribution is -2.63. The van der Waals surface area contributed by atoms with Gasteiger partial charge in [0, 0.05) is 6.42 Å². The van der Waals surface area contributed by atoms with E-state index in [4.69, 9.17) is 10.2 Å². The van der Waals surface area contributed by atoms with Crippen molar-refractivity contribution in [3.63, 3.8) is 0 Å². The minimum Gasteiger partial charge on any atom is -0.477 e. The van der Waals surface area contributed by atoms with Crippen molar-refractivity contribution in [3.8, 4) is 0 Å². The molecule has 1 aliphatic rings. The van der Waals surface area contributed by atoms with Gasteiger partial charge in [0.1, 0.15) is 24.4 Å². The normalized spacial score (nSPS) is 40.2. The molecule has 1 fully saturated rings. The highest BCUT2D eigenvalue weighted by Crippen LogP contribution is 2.30. The topological polar surface area (TPSA) is 168 Å². The second kappa shape index (κ2) is 5.45. The van der Waals surface area contributed by atoms with Crippen molar-refractivity contribution in [2.45, 2.75) is 42.7 Å². The van der Waals surface area contributed by atoms with Crippen molar-refractivity contribution in [2.24, 2.45) is 0 Å². The Labute approximate surface area is 101 Å². The van der Waals surface area contributed by atoms with Crippen LogP contribution in [-0.4, -0.2) is 84.6 Å². The molecular formula is C9H16O9. The van der Waals surface area contributed by atoms with Crippen molar-refractivity contribution in [1.29, 1.82) is 0 Å². The summed E-state index contributed by atoms with van der Waals surface area (Å²) in [5.74, 6) is -4.58. The first-order valence-corrected chi connectivity index (χ1v) is 5.19. The summed E-state index contributed by atoms with van der Waals surface area (Å²) in [5.41, 5.74) is 0. The third kappa shape index (κ3) is 2.78. The lowest BCUT2D eigenvalue weighted by atomic mass is 9.91. The number of carbonyl (C=O) groups is 1. The number of hydrogen-bond donors (Lipinski definition) is 7. The molecule has 18 heavy (non-hydrogen) atoms. The van der Waals surface area contributed by atoms with E-state index in [0.717, 1.165) is 0 Å². The molecule has 9 nitrogen and oxygen atoms in total. The second-order valence-corrected chi connectivity index (χ2v) is 4.17. The van der Waals surface area contributed by atoms with Crippen molar-refractivity contribution < 1.29 is 45.3 Å². The summed E-state index contributed by atoms with van der Waals surface area (Å²) in [6, 6.07) is 0. The Morgan fingerprint density at radius 3 is 2.39 bits per heavy atom. The summed E-state index contributed by atoms with van der Waals surface area (Å²) in [6.07, 6.45) is -9.50. The lowest BCUT2D eigenvalue weighted by molar-refractivity contribution is -0.312. The van der Waals surface area contributed by atoms with E-state index in [1.165, 1.54) is 0 Å². The van der Waals surface area contributed by atoms with Crippen LogP contribution in [0.25, 0.3) is 0 Å². The van der Waals surface area contributed by atoms with Crippen LogP contribution in [0.1, 0.15) is 6.42 Å². The van der Waals surface area contributed by atoms with Crippen LogP contribution < -0.4 is 0 Å². The molecule has 0 aromatic rings. The van der Waals surface area contributed by atoms with Gasteiger partial charge in [-0.25, -0.2) is 4.79 Å². The molecule has 1 heterocycles. The average molecular weight is 268 g/mol. The Balaban J connectivity index is 2.92. The Morgan fingerprint density at radius 1 is 1.39 bits per heavy atom. The molecule has 7 N–H and O–H groups in total. The van der Waals surface area contributed by atoms with Gasteiger partial charge in [0.25, 0.3) is 5.79 Å². The standard InChI is InChI=1S/C9H16O9/c10-2-4(12)6(14)7-5(13)3(11)1-9(17,18-7)8(15)16/h3-7,10-14,17H,1-2H2,(H,15,16)/t3?,4?,5-,6?,7?,9?/m0/s1. The van der Waals surface area contributed by atoms with Gasteiger partial charge >= 0.3 is 5.97 Å². The van der Waals surface area contributed by atoms with Crippen molar-refractivity contribution >= 4 is 5.97 Å². The first-order valence-electron chi connectivity index (χ1n) is 5.19. The number of aliphatic hydroxyl groups is 6. The van der Waals surface area contributed by atoms with Crippen LogP contribution in [0.4, 0.5) is 0 Å². The molecule has 0 saturated carbocycles. The maximum Gasteiger partial charge on any atom is 0.364 e. The van der Waals surface area contributed by atoms with Gasteiger partial charge in [-0.05, 0) is 0 Å². The van der Waals surface area contributed by atoms with Gasteiger partial charge in [-0.1, -0.05) is 0 Å². The maximum atomic E-state index is 10.8. The van der Waals surface area contributed by atoms with E-state index >= 15 is 0 Å². The van der Waals surface area contributed by atoms with Gasteiger partial charge in [-0.2, -0.15) is 0 Å². The predicted octanol–water partition coefficient (Wildman–Crippen LogP) is -4.02. The molecule has 1 aliphatic heterocycles. The molecule has 5 unspecified atom stereocenters. The van der Waals surface area contributed by atoms with Crippen molar-refractivity contribution in [3.05, 3.63) is 0 Å². The molecule has 0 aromatic carbocycles. The first kappa shape index (κ1) is 15.2. The minimum atomic E-state index is -2.78. The highest BCUT2D eigenvalue weighted by molar-refractivity contribution is 5.75. The zero-order chi connectivity index (χ0) is 14.1. The number of aliphatic hydroxyl groups excluding tert-OH is 5. The summed E-state index contributed by atoms with van der Waals surface area (Å²) in [7, 11) is 0. The fourth-order valence-electron chi connectivity index (χ4n) is 1.70. The quantitative estimate of drug-likeness (QED) is 0.268. The summed E-state index contributed by atoms with van der Waals surface area (Å²) >= 11 is 0. The SMILES string of the molecule is O=C(O)C1(O)CC(O)[C@H](O)C(C(O)C(O)CO)O1. The summed E-state index contributed by atoms with van der Waals surface area (Å²) in [5, 5.41) is 64.6. The van der Waals surface area contributed by atoms with Gasteiger partial charge in [0.15, 0.2) is 0 Å². The third-order valence-electron chi connectivity index (χ3n) is 2.80. The Hall–Kier alpha value is -0.810. The number of hydrogen-bond acceptors (Lipinski definition) is 8. The number of rotatable bonds is 4. The van der Waals surface area contributed by atoms with Crippen LogP contribution in [0.5, 0.6) is 0 Å². The first-order chi connectivity index (χ1) is 8.23. The van der Waals surface area contributed by atoms with Crippen LogP contribution in [0, 0.1) is 0 Å². The van der Waals surface area contributed by atoms with Crippen molar-refractivity contribution in [2.75, 3.05) is 6.61 Å². The molecule has 6 atom stereocenters. The monoisotopic (exact) mass is 268 g/mol. The van der Waals surface area contributed by atoms with Crippen LogP contribution >= 0.6 is 0 Å². The highest BCUT2D eigenvalue weighted by Gasteiger charge is 2.53. The largest absolute Gasteiger partial charge is 0.477 e. The van der Waals surface area contributed by atoms with Crippen LogP contribution in [-0.2, 0) is 9.53 Å². The van der Waals surface area contributed by atoms with E-state index in [-0.39, 0.29) is 0 Å². The zero-order valence-electron chi connectivity index (χ0n) is 9.25. The Morgan fingerprint density at radius 2 is 1.94 bits per heavy atom. The molecule has 9 heteroatoms. The van der Waals surface area contributed by atoms with Gasteiger partial charge < -0.3 is 40.5 Å². The van der Waals surface area contributed by atoms with Gasteiger partial charge in [-0.3, -0.25) is 0 Å². The van der Waals surface area contributed by atoms with Gasteiger partial charge in [-0.15, -0.1) is 0 Å². The third-order valence-corrected chi connectivity index (χ3v) is 2.80. The average Bonchev–Trinajstić information content (AvgIpc) is 2.31. The molecule has 0 aliphatic carbocycles. The second-order valence-electron chi connectivity index (χ2n) is 4.17. The van der Waals surface area contributed by atoms with E-state index in [2.05, 4.69) is 4.74 Å². The Kier molecular flexibility index (Phi) is 4.61. The number of aliphatic carboxylic acids is 1. The van der Waals surface area contributed by atoms with E-state index in [1.807, 2.05) is 0 Å². The highest BCUT2D eigenvalue weighted by atomic mass is 16.7. The van der Waals surface area contributed by atoms with Crippen LogP contribution in [0.2, 0.25) is 0 Å². The molecule has 106 valence electrons. The molecule has 0 amide bonds. The van der Waals surface area contributed by atoms with E-state index in [1.54, 1.807) is 0 Å². The fraction of sp³-hybridized carbons (Fsp3) is 0.889. The van der Waals surface area contributed by atoms with E-state index in [9.17, 15) is 30.3 Å². The summed E-state index contributed by atoms with van der Waals surface area (Å²) < 4.78 is 4.63. The number of ether oxygens (including phenoxy) is 1. The van der Waals surface area contributed by atoms with E-state index < -0.39 is 55.3 Å². The van der Waals surface area contributed by atoms with Gasteiger partial charge in [0.2, 0.25) is 0 Å². The molecule has 0 bridgehead atoms. The zero-order valence-corrected chi connectivity index (χ0v) is 9.25. The Bertz CT molecular complexity index is 308. The molecule has 1 saturated heterocycles. The van der Waals surface area contributed by atoms with Crippen molar-refractivity contribution in [1.82, 2.24) is 0 Å². The number of carboxylic acids is 1.